The van der Waals surface area contributed by atoms with Crippen LogP contribution in [0.5, 0.6) is 0 Å². The van der Waals surface area contributed by atoms with Crippen LogP contribution in [0.3, 0.4) is 0 Å². The smallest absolute Gasteiger partial charge is 0.309 e. The zero-order valence-corrected chi connectivity index (χ0v) is 11.7. The number of methoxy groups -OCH3 is 1. The van der Waals surface area contributed by atoms with Crippen molar-refractivity contribution in [2.24, 2.45) is 5.92 Å². The molecule has 1 aliphatic rings. The number of carbonyl (C=O) groups excluding carboxylic acids is 1. The van der Waals surface area contributed by atoms with Crippen LogP contribution in [0.25, 0.3) is 0 Å². The molecule has 0 heterocycles. The summed E-state index contributed by atoms with van der Waals surface area (Å²) >= 11 is 0. The highest BCUT2D eigenvalue weighted by atomic mass is 16.5. The topological polar surface area (TPSA) is 29.5 Å². The van der Waals surface area contributed by atoms with Crippen LogP contribution in [-0.4, -0.2) is 37.1 Å². The van der Waals surface area contributed by atoms with Gasteiger partial charge >= 0.3 is 5.97 Å². The second-order valence-corrected chi connectivity index (χ2v) is 5.36. The molecule has 0 N–H and O–H groups in total. The molecule has 0 radical (unpaired) electrons. The third kappa shape index (κ3) is 3.98. The predicted octanol–water partition coefficient (Wildman–Crippen LogP) is 2.84. The number of ether oxygens (including phenoxy) is 1. The molecule has 0 aromatic carbocycles. The molecular weight excluding hydrogens is 214 g/mol. The highest BCUT2D eigenvalue weighted by Gasteiger charge is 2.28. The number of hydrogen-bond acceptors (Lipinski definition) is 3. The molecule has 1 aliphatic carbocycles. The molecule has 17 heavy (non-hydrogen) atoms. The first-order valence-electron chi connectivity index (χ1n) is 6.87. The highest BCUT2D eigenvalue weighted by molar-refractivity contribution is 5.72. The Balaban J connectivity index is 2.54. The van der Waals surface area contributed by atoms with Gasteiger partial charge in [-0.3, -0.25) is 9.69 Å². The first-order chi connectivity index (χ1) is 8.07. The third-order valence-corrected chi connectivity index (χ3v) is 4.34. The standard InChI is InChI=1S/C14H27NO2/c1-11(14(16)17-4)12(2)15(3)13-9-7-5-6-8-10-13/h11-13H,5-10H2,1-4H3. The van der Waals surface area contributed by atoms with Crippen molar-refractivity contribution in [3.05, 3.63) is 0 Å². The van der Waals surface area contributed by atoms with Crippen molar-refractivity contribution in [1.29, 1.82) is 0 Å². The summed E-state index contributed by atoms with van der Waals surface area (Å²) in [6, 6.07) is 0.894. The Morgan fingerprint density at radius 3 is 2.18 bits per heavy atom. The molecule has 3 heteroatoms. The van der Waals surface area contributed by atoms with E-state index in [1.807, 2.05) is 6.92 Å². The largest absolute Gasteiger partial charge is 0.469 e. The molecule has 0 aliphatic heterocycles. The zero-order valence-electron chi connectivity index (χ0n) is 11.7. The molecule has 0 bridgehead atoms. The number of rotatable bonds is 4. The summed E-state index contributed by atoms with van der Waals surface area (Å²) in [6.45, 7) is 4.09. The molecule has 1 fully saturated rings. The average Bonchev–Trinajstić information content (AvgIpc) is 2.63. The van der Waals surface area contributed by atoms with E-state index in [0.717, 1.165) is 0 Å². The van der Waals surface area contributed by atoms with E-state index in [4.69, 9.17) is 4.74 Å². The monoisotopic (exact) mass is 241 g/mol. The summed E-state index contributed by atoms with van der Waals surface area (Å²) in [5, 5.41) is 0. The van der Waals surface area contributed by atoms with Crippen LogP contribution in [0.1, 0.15) is 52.4 Å². The Hall–Kier alpha value is -0.570. The molecule has 0 spiro atoms. The van der Waals surface area contributed by atoms with Gasteiger partial charge < -0.3 is 4.74 Å². The summed E-state index contributed by atoms with van der Waals surface area (Å²) < 4.78 is 4.83. The first kappa shape index (κ1) is 14.5. The van der Waals surface area contributed by atoms with Gasteiger partial charge in [-0.25, -0.2) is 0 Å². The lowest BCUT2D eigenvalue weighted by molar-refractivity contribution is -0.147. The number of hydrogen-bond donors (Lipinski definition) is 0. The molecule has 1 rings (SSSR count). The zero-order chi connectivity index (χ0) is 12.8. The van der Waals surface area contributed by atoms with Crippen molar-refractivity contribution in [1.82, 2.24) is 4.90 Å². The van der Waals surface area contributed by atoms with Crippen molar-refractivity contribution < 1.29 is 9.53 Å². The quantitative estimate of drug-likeness (QED) is 0.560. The van der Waals surface area contributed by atoms with Gasteiger partial charge in [-0.2, -0.15) is 0 Å². The van der Waals surface area contributed by atoms with Crippen molar-refractivity contribution in [3.8, 4) is 0 Å². The molecule has 1 saturated carbocycles. The normalized spacial score (nSPS) is 21.9. The van der Waals surface area contributed by atoms with Crippen molar-refractivity contribution in [2.75, 3.05) is 14.2 Å². The molecule has 2 atom stereocenters. The van der Waals surface area contributed by atoms with E-state index in [2.05, 4.69) is 18.9 Å². The van der Waals surface area contributed by atoms with Gasteiger partial charge in [0.25, 0.3) is 0 Å². The second-order valence-electron chi connectivity index (χ2n) is 5.36. The lowest BCUT2D eigenvalue weighted by Gasteiger charge is -2.35. The molecule has 2 unspecified atom stereocenters. The van der Waals surface area contributed by atoms with Gasteiger partial charge in [0.15, 0.2) is 0 Å². The summed E-state index contributed by atoms with van der Waals surface area (Å²) in [4.78, 5) is 13.9. The van der Waals surface area contributed by atoms with Crippen molar-refractivity contribution in [3.63, 3.8) is 0 Å². The first-order valence-corrected chi connectivity index (χ1v) is 6.87. The molecular formula is C14H27NO2. The summed E-state index contributed by atoms with van der Waals surface area (Å²) in [5.74, 6) is -0.147. The maximum atomic E-state index is 11.6. The van der Waals surface area contributed by atoms with Gasteiger partial charge in [0.1, 0.15) is 0 Å². The number of esters is 1. The molecule has 0 amide bonds. The van der Waals surface area contributed by atoms with E-state index in [-0.39, 0.29) is 17.9 Å². The fourth-order valence-electron chi connectivity index (χ4n) is 2.73. The summed E-state index contributed by atoms with van der Waals surface area (Å²) in [7, 11) is 3.62. The molecule has 0 aromatic heterocycles. The van der Waals surface area contributed by atoms with E-state index in [9.17, 15) is 4.79 Å². The van der Waals surface area contributed by atoms with Crippen LogP contribution in [0.4, 0.5) is 0 Å². The van der Waals surface area contributed by atoms with Crippen LogP contribution < -0.4 is 0 Å². The Bertz CT molecular complexity index is 234. The van der Waals surface area contributed by atoms with Crippen LogP contribution >= 0.6 is 0 Å². The molecule has 100 valence electrons. The van der Waals surface area contributed by atoms with Crippen LogP contribution in [0.2, 0.25) is 0 Å². The Morgan fingerprint density at radius 1 is 1.18 bits per heavy atom. The van der Waals surface area contributed by atoms with Gasteiger partial charge in [-0.05, 0) is 26.8 Å². The molecule has 3 nitrogen and oxygen atoms in total. The van der Waals surface area contributed by atoms with E-state index in [1.54, 1.807) is 0 Å². The maximum absolute atomic E-state index is 11.6. The Kier molecular flexibility index (Phi) is 5.96. The minimum Gasteiger partial charge on any atom is -0.469 e. The van der Waals surface area contributed by atoms with Crippen LogP contribution in [0, 0.1) is 5.92 Å². The minimum atomic E-state index is -0.0991. The fourth-order valence-corrected chi connectivity index (χ4v) is 2.73. The van der Waals surface area contributed by atoms with E-state index in [0.29, 0.717) is 6.04 Å². The lowest BCUT2D eigenvalue weighted by atomic mass is 9.98. The second kappa shape index (κ2) is 7.00. The maximum Gasteiger partial charge on any atom is 0.309 e. The fraction of sp³-hybridized carbons (Fsp3) is 0.929. The van der Waals surface area contributed by atoms with Gasteiger partial charge in [0.05, 0.1) is 13.0 Å². The average molecular weight is 241 g/mol. The Morgan fingerprint density at radius 2 is 1.71 bits per heavy atom. The van der Waals surface area contributed by atoms with Crippen molar-refractivity contribution in [2.45, 2.75) is 64.5 Å². The minimum absolute atomic E-state index is 0.0479. The van der Waals surface area contributed by atoms with E-state index < -0.39 is 0 Å². The molecule has 0 aromatic rings. The van der Waals surface area contributed by atoms with Crippen LogP contribution in [-0.2, 0) is 9.53 Å². The summed E-state index contributed by atoms with van der Waals surface area (Å²) in [5.41, 5.74) is 0. The van der Waals surface area contributed by atoms with Gasteiger partial charge in [0.2, 0.25) is 0 Å². The van der Waals surface area contributed by atoms with Gasteiger partial charge in [-0.1, -0.05) is 32.6 Å². The predicted molar refractivity (Wildman–Crippen MR) is 69.9 cm³/mol. The SMILES string of the molecule is COC(=O)C(C)C(C)N(C)C1CCCCCC1. The lowest BCUT2D eigenvalue weighted by Crippen LogP contribution is -2.44. The van der Waals surface area contributed by atoms with E-state index >= 15 is 0 Å². The van der Waals surface area contributed by atoms with E-state index in [1.165, 1.54) is 45.6 Å². The van der Waals surface area contributed by atoms with Crippen LogP contribution in [0.15, 0.2) is 0 Å². The van der Waals surface area contributed by atoms with Gasteiger partial charge in [0, 0.05) is 12.1 Å². The van der Waals surface area contributed by atoms with Gasteiger partial charge in [-0.15, -0.1) is 0 Å². The number of carbonyl (C=O) groups is 1. The third-order valence-electron chi connectivity index (χ3n) is 4.34. The highest BCUT2D eigenvalue weighted by Crippen LogP contribution is 2.24. The summed E-state index contributed by atoms with van der Waals surface area (Å²) in [6.07, 6.45) is 7.93. The Labute approximate surface area is 106 Å². The number of nitrogens with zero attached hydrogens (tertiary/aromatic N) is 1. The molecule has 0 saturated heterocycles. The van der Waals surface area contributed by atoms with Crippen molar-refractivity contribution >= 4 is 5.97 Å².